The van der Waals surface area contributed by atoms with Gasteiger partial charge in [-0.3, -0.25) is 9.36 Å². The average Bonchev–Trinajstić information content (AvgIpc) is 3.26. The summed E-state index contributed by atoms with van der Waals surface area (Å²) in [6.45, 7) is -0.907. The Hall–Kier alpha value is -6.74. The number of aliphatic hydroxyl groups excluding tert-OH is 2. The molecule has 1 aromatic heterocycles. The molecule has 0 spiro atoms. The van der Waals surface area contributed by atoms with Crippen molar-refractivity contribution < 1.29 is 38.1 Å². The van der Waals surface area contributed by atoms with Crippen LogP contribution in [0, 0.1) is 95.4 Å². The predicted octanol–water partition coefficient (Wildman–Crippen LogP) is 0.153. The van der Waals surface area contributed by atoms with E-state index >= 15 is 0 Å². The van der Waals surface area contributed by atoms with E-state index in [0.29, 0.717) is 4.57 Å². The zero-order chi connectivity index (χ0) is 32.7. The largest absolute Gasteiger partial charge is 0.394 e. The van der Waals surface area contributed by atoms with Gasteiger partial charge in [0.25, 0.3) is 5.91 Å². The summed E-state index contributed by atoms with van der Waals surface area (Å²) in [5.41, 5.74) is -1.62. The normalized spacial score (nSPS) is 16.3. The quantitative estimate of drug-likeness (QED) is 0.325. The van der Waals surface area contributed by atoms with Gasteiger partial charge in [-0.2, -0.15) is 13.8 Å². The second kappa shape index (κ2) is 16.0. The summed E-state index contributed by atoms with van der Waals surface area (Å²) in [7, 11) is 0. The minimum Gasteiger partial charge on any atom is -0.394 e. The van der Waals surface area contributed by atoms with Crippen LogP contribution >= 0.6 is 0 Å². The SMILES string of the molecule is C#CC#CC#CC#CC#CC#CC#CC#COC(=O)c1ccccc1C(=O)Nc1ccn([C@@H]2O[C@H](CO)[C@@H](O)C2(F)F)c(=O)n1. The summed E-state index contributed by atoms with van der Waals surface area (Å²) < 4.78 is 38.9. The van der Waals surface area contributed by atoms with Gasteiger partial charge in [0.05, 0.1) is 17.7 Å². The smallest absolute Gasteiger partial charge is 0.352 e. The van der Waals surface area contributed by atoms with E-state index in [0.717, 1.165) is 12.3 Å². The van der Waals surface area contributed by atoms with Crippen LogP contribution in [0.5, 0.6) is 0 Å². The molecule has 1 aliphatic rings. The second-order valence-electron chi connectivity index (χ2n) is 8.09. The van der Waals surface area contributed by atoms with Crippen molar-refractivity contribution in [1.29, 1.82) is 0 Å². The van der Waals surface area contributed by atoms with Crippen molar-refractivity contribution in [3.8, 4) is 95.4 Å². The van der Waals surface area contributed by atoms with Crippen molar-refractivity contribution in [1.82, 2.24) is 9.55 Å². The van der Waals surface area contributed by atoms with Gasteiger partial charge >= 0.3 is 17.6 Å². The van der Waals surface area contributed by atoms with E-state index < -0.39 is 48.5 Å². The Kier molecular flexibility index (Phi) is 11.7. The second-order valence-corrected chi connectivity index (χ2v) is 8.09. The lowest BCUT2D eigenvalue weighted by molar-refractivity contribution is -0.140. The van der Waals surface area contributed by atoms with Crippen LogP contribution in [0.4, 0.5) is 14.6 Å². The third kappa shape index (κ3) is 8.87. The van der Waals surface area contributed by atoms with E-state index in [1.54, 1.807) is 0 Å². The number of halogens is 2. The highest BCUT2D eigenvalue weighted by Crippen LogP contribution is 2.41. The molecule has 3 atom stereocenters. The van der Waals surface area contributed by atoms with Gasteiger partial charge in [0.2, 0.25) is 6.23 Å². The van der Waals surface area contributed by atoms with E-state index in [2.05, 4.69) is 99.3 Å². The van der Waals surface area contributed by atoms with E-state index in [-0.39, 0.29) is 16.9 Å². The van der Waals surface area contributed by atoms with Gasteiger partial charge < -0.3 is 25.0 Å². The highest BCUT2D eigenvalue weighted by molar-refractivity contribution is 6.10. The number of benzene rings is 1. The standard InChI is InChI=1S/C33H15F2N3O7/c1-2-3-4-5-6-7-8-9-10-11-12-13-14-17-22-44-30(42)25-19-16-15-18-24(25)29(41)36-27-20-21-38(32(43)37-27)31-33(34,35)28(40)26(23-39)45-31/h1,15-16,18-21,26,28,31,39-40H,23H2,(H,36,37,41,43)/t26-,28-,31-/m1/s1. The van der Waals surface area contributed by atoms with Crippen LogP contribution in [0.15, 0.2) is 41.3 Å². The molecule has 3 rings (SSSR count). The zero-order valence-electron chi connectivity index (χ0n) is 22.6. The molecule has 1 fully saturated rings. The molecule has 1 saturated heterocycles. The van der Waals surface area contributed by atoms with Crippen molar-refractivity contribution >= 4 is 17.7 Å². The van der Waals surface area contributed by atoms with Crippen molar-refractivity contribution in [2.24, 2.45) is 0 Å². The number of carbonyl (C=O) groups excluding carboxylic acids is 2. The van der Waals surface area contributed by atoms with Crippen LogP contribution in [0.3, 0.4) is 0 Å². The van der Waals surface area contributed by atoms with Crippen LogP contribution in [-0.2, 0) is 9.47 Å². The zero-order valence-corrected chi connectivity index (χ0v) is 22.6. The first-order valence-corrected chi connectivity index (χ1v) is 12.2. The van der Waals surface area contributed by atoms with Crippen LogP contribution in [0.1, 0.15) is 26.9 Å². The highest BCUT2D eigenvalue weighted by Gasteiger charge is 2.59. The molecule has 0 saturated carbocycles. The number of alkyl halides is 2. The maximum Gasteiger partial charge on any atom is 0.352 e. The summed E-state index contributed by atoms with van der Waals surface area (Å²) >= 11 is 0. The Labute approximate surface area is 255 Å². The van der Waals surface area contributed by atoms with Crippen molar-refractivity contribution in [2.45, 2.75) is 24.4 Å². The van der Waals surface area contributed by atoms with Gasteiger partial charge in [-0.25, -0.2) is 9.59 Å². The van der Waals surface area contributed by atoms with Gasteiger partial charge in [-0.05, 0) is 59.6 Å². The van der Waals surface area contributed by atoms with Crippen LogP contribution in [-0.4, -0.2) is 56.4 Å². The molecule has 3 N–H and O–H groups in total. The molecule has 12 heteroatoms. The Morgan fingerprint density at radius 3 is 2.04 bits per heavy atom. The van der Waals surface area contributed by atoms with E-state index in [9.17, 15) is 28.3 Å². The Morgan fingerprint density at radius 1 is 0.956 bits per heavy atom. The van der Waals surface area contributed by atoms with Gasteiger partial charge in [0.15, 0.2) is 6.10 Å². The third-order valence-electron chi connectivity index (χ3n) is 5.29. The van der Waals surface area contributed by atoms with Gasteiger partial charge in [0, 0.05) is 47.6 Å². The number of anilines is 1. The summed E-state index contributed by atoms with van der Waals surface area (Å²) in [5.74, 6) is 26.8. The molecule has 10 nitrogen and oxygen atoms in total. The third-order valence-corrected chi connectivity index (χ3v) is 5.29. The van der Waals surface area contributed by atoms with Gasteiger partial charge in [-0.1, -0.05) is 12.1 Å². The van der Waals surface area contributed by atoms with Crippen LogP contribution in [0.25, 0.3) is 0 Å². The van der Waals surface area contributed by atoms with Crippen LogP contribution < -0.4 is 11.0 Å². The molecule has 0 bridgehead atoms. The van der Waals surface area contributed by atoms with E-state index in [1.165, 1.54) is 24.3 Å². The maximum absolute atomic E-state index is 14.4. The molecule has 1 aliphatic heterocycles. The number of nitrogens with one attached hydrogen (secondary N) is 1. The number of esters is 1. The molecular formula is C33H15F2N3O7. The number of rotatable bonds is 5. The molecule has 1 amide bonds. The number of terminal acetylenes is 1. The molecule has 218 valence electrons. The Bertz CT molecular complexity index is 2070. The molecule has 0 aliphatic carbocycles. The molecule has 0 unspecified atom stereocenters. The fourth-order valence-corrected chi connectivity index (χ4v) is 3.35. The molecular weight excluding hydrogens is 588 g/mol. The number of nitrogens with zero attached hydrogens (tertiary/aromatic N) is 2. The molecule has 2 aromatic rings. The predicted molar refractivity (Wildman–Crippen MR) is 154 cm³/mol. The molecule has 45 heavy (non-hydrogen) atoms. The summed E-state index contributed by atoms with van der Waals surface area (Å²) in [6.07, 6.45) is 1.64. The molecule has 1 aromatic carbocycles. The lowest BCUT2D eigenvalue weighted by atomic mass is 10.1. The number of hydrogen-bond acceptors (Lipinski definition) is 8. The van der Waals surface area contributed by atoms with Gasteiger partial charge in [0.1, 0.15) is 18.0 Å². The first-order chi connectivity index (χ1) is 21.7. The summed E-state index contributed by atoms with van der Waals surface area (Å²) in [4.78, 5) is 41.3. The lowest BCUT2D eigenvalue weighted by Crippen LogP contribution is -2.41. The number of hydrogen-bond donors (Lipinski definition) is 3. The fourth-order valence-electron chi connectivity index (χ4n) is 3.35. The minimum atomic E-state index is -3.91. The van der Waals surface area contributed by atoms with E-state index in [4.69, 9.17) is 21.0 Å². The molecule has 2 heterocycles. The number of carbonyl (C=O) groups is 2. The first-order valence-electron chi connectivity index (χ1n) is 12.2. The fraction of sp³-hybridized carbons (Fsp3) is 0.152. The number of amides is 1. The first kappa shape index (κ1) is 32.8. The summed E-state index contributed by atoms with van der Waals surface area (Å²) in [6, 6.07) is 6.50. The summed E-state index contributed by atoms with van der Waals surface area (Å²) in [5, 5.41) is 21.1. The van der Waals surface area contributed by atoms with Gasteiger partial charge in [-0.15, -0.1) is 6.42 Å². The monoisotopic (exact) mass is 603 g/mol. The number of ether oxygens (including phenoxy) is 2. The topological polar surface area (TPSA) is 140 Å². The maximum atomic E-state index is 14.4. The average molecular weight is 603 g/mol. The number of aliphatic hydroxyl groups is 2. The minimum absolute atomic E-state index is 0.181. The molecule has 0 radical (unpaired) electrons. The Morgan fingerprint density at radius 2 is 1.51 bits per heavy atom. The lowest BCUT2D eigenvalue weighted by Gasteiger charge is -2.21. The Balaban J connectivity index is 1.63. The van der Waals surface area contributed by atoms with E-state index in [1.807, 2.05) is 0 Å². The van der Waals surface area contributed by atoms with Crippen LogP contribution in [0.2, 0.25) is 0 Å². The van der Waals surface area contributed by atoms with Crippen molar-refractivity contribution in [3.05, 3.63) is 58.1 Å². The number of aromatic nitrogens is 2. The van der Waals surface area contributed by atoms with Crippen molar-refractivity contribution in [3.63, 3.8) is 0 Å². The van der Waals surface area contributed by atoms with Crippen molar-refractivity contribution in [2.75, 3.05) is 11.9 Å². The highest BCUT2D eigenvalue weighted by atomic mass is 19.3.